The van der Waals surface area contributed by atoms with Gasteiger partial charge in [0.15, 0.2) is 11.5 Å². The first kappa shape index (κ1) is 9.54. The van der Waals surface area contributed by atoms with E-state index in [2.05, 4.69) is 0 Å². The lowest BCUT2D eigenvalue weighted by molar-refractivity contribution is 0.102. The summed E-state index contributed by atoms with van der Waals surface area (Å²) in [4.78, 5) is 0. The molecule has 1 N–H and O–H groups in total. The Bertz CT molecular complexity index is 427. The molecule has 0 saturated carbocycles. The van der Waals surface area contributed by atoms with E-state index in [1.165, 1.54) is 0 Å². The topological polar surface area (TPSA) is 47.9 Å². The Labute approximate surface area is 93.1 Å². The Morgan fingerprint density at radius 1 is 1.25 bits per heavy atom. The summed E-state index contributed by atoms with van der Waals surface area (Å²) in [6, 6.07) is 5.71. The van der Waals surface area contributed by atoms with Gasteiger partial charge in [-0.05, 0) is 23.8 Å². The smallest absolute Gasteiger partial charge is 0.231 e. The fourth-order valence-corrected chi connectivity index (χ4v) is 2.01. The highest BCUT2D eigenvalue weighted by Crippen LogP contribution is 2.38. The lowest BCUT2D eigenvalue weighted by Crippen LogP contribution is -2.11. The average Bonchev–Trinajstić information content (AvgIpc) is 2.96. The van der Waals surface area contributed by atoms with Gasteiger partial charge in [-0.1, -0.05) is 6.07 Å². The monoisotopic (exact) mass is 220 g/mol. The summed E-state index contributed by atoms with van der Waals surface area (Å²) >= 11 is 0. The number of rotatable bonds is 2. The van der Waals surface area contributed by atoms with Crippen molar-refractivity contribution in [2.24, 2.45) is 5.92 Å². The molecular formula is C12H12O4. The van der Waals surface area contributed by atoms with E-state index in [0.29, 0.717) is 0 Å². The Morgan fingerprint density at radius 3 is 3.00 bits per heavy atom. The Balaban J connectivity index is 1.90. The molecule has 0 unspecified atom stereocenters. The van der Waals surface area contributed by atoms with E-state index in [1.807, 2.05) is 24.3 Å². The molecule has 16 heavy (non-hydrogen) atoms. The molecule has 3 rings (SSSR count). The zero-order valence-corrected chi connectivity index (χ0v) is 8.63. The van der Waals surface area contributed by atoms with Gasteiger partial charge in [-0.15, -0.1) is 0 Å². The standard InChI is InChI=1S/C12H12O4/c13-6-9-3-4-14-12(9)8-1-2-10-11(5-8)16-7-15-10/h1-5,9,12-13H,6-7H2/t9-,12+/m1/s1. The molecule has 2 aliphatic rings. The van der Waals surface area contributed by atoms with E-state index in [4.69, 9.17) is 14.2 Å². The van der Waals surface area contributed by atoms with Crippen molar-refractivity contribution in [3.05, 3.63) is 36.1 Å². The predicted molar refractivity (Wildman–Crippen MR) is 56.1 cm³/mol. The number of fused-ring (bicyclic) bond motifs is 1. The van der Waals surface area contributed by atoms with Gasteiger partial charge in [-0.2, -0.15) is 0 Å². The maximum atomic E-state index is 9.20. The summed E-state index contributed by atoms with van der Waals surface area (Å²) in [5.74, 6) is 1.51. The maximum absolute atomic E-state index is 9.20. The second-order valence-electron chi connectivity index (χ2n) is 3.84. The number of aliphatic hydroxyl groups is 1. The van der Waals surface area contributed by atoms with Crippen molar-refractivity contribution in [3.8, 4) is 11.5 Å². The summed E-state index contributed by atoms with van der Waals surface area (Å²) in [5, 5.41) is 9.20. The van der Waals surface area contributed by atoms with Gasteiger partial charge in [0, 0.05) is 5.92 Å². The normalized spacial score (nSPS) is 25.8. The average molecular weight is 220 g/mol. The molecule has 4 nitrogen and oxygen atoms in total. The van der Waals surface area contributed by atoms with Crippen LogP contribution in [-0.2, 0) is 4.74 Å². The summed E-state index contributed by atoms with van der Waals surface area (Å²) in [7, 11) is 0. The van der Waals surface area contributed by atoms with Crippen LogP contribution in [-0.4, -0.2) is 18.5 Å². The Hall–Kier alpha value is -1.68. The van der Waals surface area contributed by atoms with Crippen LogP contribution < -0.4 is 9.47 Å². The summed E-state index contributed by atoms with van der Waals surface area (Å²) in [5.41, 5.74) is 0.994. The molecule has 0 fully saturated rings. The van der Waals surface area contributed by atoms with Gasteiger partial charge < -0.3 is 19.3 Å². The number of aliphatic hydroxyl groups excluding tert-OH is 1. The first-order valence-electron chi connectivity index (χ1n) is 5.21. The molecule has 1 aromatic carbocycles. The summed E-state index contributed by atoms with van der Waals surface area (Å²) in [6.07, 6.45) is 3.38. The molecule has 0 bridgehead atoms. The number of hydrogen-bond acceptors (Lipinski definition) is 4. The molecule has 84 valence electrons. The largest absolute Gasteiger partial charge is 0.493 e. The maximum Gasteiger partial charge on any atom is 0.231 e. The second kappa shape index (κ2) is 3.72. The van der Waals surface area contributed by atoms with Gasteiger partial charge >= 0.3 is 0 Å². The Kier molecular flexibility index (Phi) is 2.22. The van der Waals surface area contributed by atoms with Crippen LogP contribution in [0, 0.1) is 5.92 Å². The first-order valence-corrected chi connectivity index (χ1v) is 5.21. The molecule has 2 heterocycles. The van der Waals surface area contributed by atoms with E-state index in [0.717, 1.165) is 17.1 Å². The number of benzene rings is 1. The van der Waals surface area contributed by atoms with Crippen LogP contribution in [0.1, 0.15) is 11.7 Å². The van der Waals surface area contributed by atoms with Gasteiger partial charge in [0.1, 0.15) is 6.10 Å². The molecular weight excluding hydrogens is 208 g/mol. The van der Waals surface area contributed by atoms with Crippen molar-refractivity contribution in [1.29, 1.82) is 0 Å². The van der Waals surface area contributed by atoms with Crippen molar-refractivity contribution in [1.82, 2.24) is 0 Å². The van der Waals surface area contributed by atoms with Crippen molar-refractivity contribution >= 4 is 0 Å². The van der Waals surface area contributed by atoms with Crippen molar-refractivity contribution in [3.63, 3.8) is 0 Å². The molecule has 1 aromatic rings. The lowest BCUT2D eigenvalue weighted by Gasteiger charge is -2.17. The van der Waals surface area contributed by atoms with Crippen molar-refractivity contribution < 1.29 is 19.3 Å². The molecule has 0 aliphatic carbocycles. The highest BCUT2D eigenvalue weighted by molar-refractivity contribution is 5.45. The third kappa shape index (κ3) is 1.42. The van der Waals surface area contributed by atoms with Gasteiger partial charge in [-0.25, -0.2) is 0 Å². The number of hydrogen-bond donors (Lipinski definition) is 1. The zero-order chi connectivity index (χ0) is 11.0. The molecule has 2 atom stereocenters. The molecule has 0 spiro atoms. The highest BCUT2D eigenvalue weighted by atomic mass is 16.7. The van der Waals surface area contributed by atoms with E-state index < -0.39 is 0 Å². The van der Waals surface area contributed by atoms with Crippen molar-refractivity contribution in [2.75, 3.05) is 13.4 Å². The van der Waals surface area contributed by atoms with E-state index in [9.17, 15) is 5.11 Å². The first-order chi connectivity index (χ1) is 7.88. The van der Waals surface area contributed by atoms with Crippen LogP contribution in [0.5, 0.6) is 11.5 Å². The third-order valence-electron chi connectivity index (χ3n) is 2.88. The van der Waals surface area contributed by atoms with E-state index in [-0.39, 0.29) is 25.4 Å². The SMILES string of the molecule is OC[C@H]1C=CO[C@H]1c1ccc2c(c1)OCO2. The summed E-state index contributed by atoms with van der Waals surface area (Å²) < 4.78 is 16.0. The van der Waals surface area contributed by atoms with Gasteiger partial charge in [0.05, 0.1) is 12.9 Å². The Morgan fingerprint density at radius 2 is 2.12 bits per heavy atom. The van der Waals surface area contributed by atoms with Gasteiger partial charge in [-0.3, -0.25) is 0 Å². The van der Waals surface area contributed by atoms with Crippen LogP contribution in [0.15, 0.2) is 30.5 Å². The van der Waals surface area contributed by atoms with Crippen LogP contribution >= 0.6 is 0 Å². The molecule has 0 amide bonds. The minimum absolute atomic E-state index is 0.0142. The van der Waals surface area contributed by atoms with Crippen LogP contribution in [0.4, 0.5) is 0 Å². The zero-order valence-electron chi connectivity index (χ0n) is 8.63. The molecule has 4 heteroatoms. The quantitative estimate of drug-likeness (QED) is 0.822. The highest BCUT2D eigenvalue weighted by Gasteiger charge is 2.27. The van der Waals surface area contributed by atoms with E-state index in [1.54, 1.807) is 6.26 Å². The molecule has 0 aromatic heterocycles. The molecule has 2 aliphatic heterocycles. The lowest BCUT2D eigenvalue weighted by atomic mass is 9.97. The molecule has 0 radical (unpaired) electrons. The van der Waals surface area contributed by atoms with E-state index >= 15 is 0 Å². The van der Waals surface area contributed by atoms with Gasteiger partial charge in [0.2, 0.25) is 6.79 Å². The predicted octanol–water partition coefficient (Wildman–Crippen LogP) is 1.61. The van der Waals surface area contributed by atoms with Crippen LogP contribution in [0.3, 0.4) is 0 Å². The minimum atomic E-state index is -0.125. The third-order valence-corrected chi connectivity index (χ3v) is 2.88. The molecule has 0 saturated heterocycles. The summed E-state index contributed by atoms with van der Waals surface area (Å²) in [6.45, 7) is 0.349. The second-order valence-corrected chi connectivity index (χ2v) is 3.84. The fraction of sp³-hybridized carbons (Fsp3) is 0.333. The van der Waals surface area contributed by atoms with Crippen LogP contribution in [0.25, 0.3) is 0 Å². The van der Waals surface area contributed by atoms with Gasteiger partial charge in [0.25, 0.3) is 0 Å². The fourth-order valence-electron chi connectivity index (χ4n) is 2.01. The number of ether oxygens (including phenoxy) is 3. The van der Waals surface area contributed by atoms with Crippen molar-refractivity contribution in [2.45, 2.75) is 6.10 Å². The minimum Gasteiger partial charge on any atom is -0.493 e. The van der Waals surface area contributed by atoms with Crippen LogP contribution in [0.2, 0.25) is 0 Å².